The lowest BCUT2D eigenvalue weighted by Gasteiger charge is -2.32. The van der Waals surface area contributed by atoms with E-state index in [1.54, 1.807) is 7.11 Å². The van der Waals surface area contributed by atoms with Gasteiger partial charge in [0.1, 0.15) is 17.3 Å². The summed E-state index contributed by atoms with van der Waals surface area (Å²) in [5.41, 5.74) is 1.79. The molecule has 0 radical (unpaired) electrons. The van der Waals surface area contributed by atoms with Gasteiger partial charge in [-0.05, 0) is 24.1 Å². The molecule has 0 saturated carbocycles. The van der Waals surface area contributed by atoms with E-state index in [0.717, 1.165) is 41.6 Å². The minimum absolute atomic E-state index is 0.135. The molecule has 0 amide bonds. The number of aliphatic imine (C=N–C) groups is 1. The number of benzene rings is 1. The minimum Gasteiger partial charge on any atom is -0.497 e. The van der Waals surface area contributed by atoms with Crippen LogP contribution in [0.5, 0.6) is 5.75 Å². The van der Waals surface area contributed by atoms with Crippen LogP contribution in [0.25, 0.3) is 0 Å². The van der Waals surface area contributed by atoms with E-state index in [4.69, 9.17) is 9.73 Å². The van der Waals surface area contributed by atoms with E-state index in [2.05, 4.69) is 41.3 Å². The molecule has 2 N–H and O–H groups in total. The fraction of sp³-hybridized carbons (Fsp3) is 0.550. The Kier molecular flexibility index (Phi) is 4.84. The van der Waals surface area contributed by atoms with Crippen molar-refractivity contribution < 1.29 is 9.84 Å². The highest BCUT2D eigenvalue weighted by atomic mass is 16.5. The molecule has 4 rings (SSSR count). The first-order valence-electron chi connectivity index (χ1n) is 9.69. The number of likely N-dealkylation sites (tertiary alicyclic amines) is 1. The molecule has 2 aliphatic rings. The van der Waals surface area contributed by atoms with E-state index < -0.39 is 0 Å². The van der Waals surface area contributed by atoms with Crippen molar-refractivity contribution in [3.05, 3.63) is 35.5 Å². The van der Waals surface area contributed by atoms with Crippen LogP contribution >= 0.6 is 0 Å². The first-order valence-corrected chi connectivity index (χ1v) is 9.69. The molecule has 1 fully saturated rings. The number of nitrogens with one attached hydrogen (secondary N) is 1. The number of anilines is 1. The van der Waals surface area contributed by atoms with Crippen LogP contribution < -0.4 is 10.1 Å². The van der Waals surface area contributed by atoms with E-state index in [9.17, 15) is 5.11 Å². The lowest BCUT2D eigenvalue weighted by atomic mass is 9.94. The van der Waals surface area contributed by atoms with Crippen LogP contribution in [-0.4, -0.2) is 57.1 Å². The number of fused-ring (bicyclic) bond motifs is 1. The fourth-order valence-electron chi connectivity index (χ4n) is 3.60. The first-order chi connectivity index (χ1) is 13.3. The second-order valence-corrected chi connectivity index (χ2v) is 8.49. The van der Waals surface area contributed by atoms with E-state index in [1.165, 1.54) is 0 Å². The van der Waals surface area contributed by atoms with Crippen molar-refractivity contribution in [2.75, 3.05) is 25.5 Å². The van der Waals surface area contributed by atoms with Crippen molar-refractivity contribution >= 4 is 11.7 Å². The van der Waals surface area contributed by atoms with Crippen molar-refractivity contribution in [1.29, 1.82) is 0 Å². The molecular weight excluding hydrogens is 356 g/mol. The number of aromatic nitrogens is 3. The number of amidine groups is 1. The molecule has 2 aliphatic heterocycles. The summed E-state index contributed by atoms with van der Waals surface area (Å²) < 4.78 is 7.12. The Bertz CT molecular complexity index is 868. The van der Waals surface area contributed by atoms with Crippen LogP contribution in [0.3, 0.4) is 0 Å². The number of aliphatic hydroxyl groups excluding tert-OH is 1. The topological polar surface area (TPSA) is 87.8 Å². The molecule has 3 heterocycles. The smallest absolute Gasteiger partial charge is 0.157 e. The summed E-state index contributed by atoms with van der Waals surface area (Å²) in [6.45, 7) is 8.42. The van der Waals surface area contributed by atoms with E-state index in [0.29, 0.717) is 13.1 Å². The molecule has 8 heteroatoms. The maximum atomic E-state index is 9.99. The molecule has 0 bridgehead atoms. The Labute approximate surface area is 165 Å². The van der Waals surface area contributed by atoms with Gasteiger partial charge in [0, 0.05) is 18.5 Å². The molecule has 1 saturated heterocycles. The van der Waals surface area contributed by atoms with Crippen molar-refractivity contribution in [2.45, 2.75) is 46.0 Å². The highest BCUT2D eigenvalue weighted by Gasteiger charge is 2.37. The third-order valence-corrected chi connectivity index (χ3v) is 5.24. The third-order valence-electron chi connectivity index (χ3n) is 5.24. The average Bonchev–Trinajstić information content (AvgIpc) is 3.27. The number of ether oxygens (including phenoxy) is 1. The van der Waals surface area contributed by atoms with Gasteiger partial charge in [0.2, 0.25) is 0 Å². The van der Waals surface area contributed by atoms with Crippen LogP contribution in [-0.2, 0) is 6.54 Å². The number of hydrogen-bond acceptors (Lipinski definition) is 7. The second-order valence-electron chi connectivity index (χ2n) is 8.49. The molecule has 1 aromatic carbocycles. The molecule has 0 spiro atoms. The predicted molar refractivity (Wildman–Crippen MR) is 108 cm³/mol. The van der Waals surface area contributed by atoms with Gasteiger partial charge in [-0.2, -0.15) is 0 Å². The van der Waals surface area contributed by atoms with Crippen LogP contribution in [0.1, 0.15) is 44.6 Å². The zero-order valence-corrected chi connectivity index (χ0v) is 16.9. The summed E-state index contributed by atoms with van der Waals surface area (Å²) in [6.07, 6.45) is 0.243. The maximum absolute atomic E-state index is 9.99. The Morgan fingerprint density at radius 3 is 2.61 bits per heavy atom. The van der Waals surface area contributed by atoms with Crippen LogP contribution in [0, 0.1) is 5.41 Å². The molecule has 1 unspecified atom stereocenters. The Morgan fingerprint density at radius 2 is 2.00 bits per heavy atom. The lowest BCUT2D eigenvalue weighted by molar-refractivity contribution is 0.159. The van der Waals surface area contributed by atoms with Crippen LogP contribution in [0.2, 0.25) is 0 Å². The number of β-amino-alcohol motifs (C(OH)–C–C–N with tert-alkyl or cyclic N) is 1. The second kappa shape index (κ2) is 7.18. The third kappa shape index (κ3) is 3.62. The van der Waals surface area contributed by atoms with Crippen LogP contribution in [0.15, 0.2) is 29.3 Å². The van der Waals surface area contributed by atoms with Gasteiger partial charge in [-0.15, -0.1) is 5.10 Å². The van der Waals surface area contributed by atoms with Crippen molar-refractivity contribution in [1.82, 2.24) is 19.9 Å². The van der Waals surface area contributed by atoms with Gasteiger partial charge in [0.25, 0.3) is 0 Å². The molecule has 8 nitrogen and oxygen atoms in total. The standard InChI is InChI=1S/C20H28N6O2/c1-20(2,3)19-21-17(25-10-9-14(27)12-25)16-18(22-19)26(24-23-16)11-13-5-7-15(28-4)8-6-13/h5-8,14,17,27H,9-12H2,1-4H3,(H,21,22)/t14-,17?/m0/s1. The number of hydrogen-bond donors (Lipinski definition) is 2. The van der Waals surface area contributed by atoms with E-state index in [-0.39, 0.29) is 17.7 Å². The largest absolute Gasteiger partial charge is 0.497 e. The molecular formula is C20H28N6O2. The highest BCUT2D eigenvalue weighted by Crippen LogP contribution is 2.36. The highest BCUT2D eigenvalue weighted by molar-refractivity contribution is 6.00. The quantitative estimate of drug-likeness (QED) is 0.841. The van der Waals surface area contributed by atoms with Gasteiger partial charge in [0.05, 0.1) is 19.8 Å². The summed E-state index contributed by atoms with van der Waals surface area (Å²) in [7, 11) is 1.66. The van der Waals surface area contributed by atoms with E-state index >= 15 is 0 Å². The van der Waals surface area contributed by atoms with Crippen molar-refractivity contribution in [2.24, 2.45) is 10.4 Å². The number of methoxy groups -OCH3 is 1. The summed E-state index contributed by atoms with van der Waals surface area (Å²) in [4.78, 5) is 7.12. The average molecular weight is 384 g/mol. The minimum atomic E-state index is -0.305. The SMILES string of the molecule is COc1ccc(Cn2nnc3c2NC(C(C)(C)C)=NC3N2CC[C@H](O)C2)cc1. The van der Waals surface area contributed by atoms with Crippen molar-refractivity contribution in [3.63, 3.8) is 0 Å². The monoisotopic (exact) mass is 384 g/mol. The molecule has 150 valence electrons. The fourth-order valence-corrected chi connectivity index (χ4v) is 3.60. The molecule has 2 atom stereocenters. The van der Waals surface area contributed by atoms with E-state index in [1.807, 2.05) is 28.9 Å². The van der Waals surface area contributed by atoms with Crippen molar-refractivity contribution in [3.8, 4) is 5.75 Å². The number of aliphatic hydroxyl groups is 1. The molecule has 2 aromatic rings. The van der Waals surface area contributed by atoms with Gasteiger partial charge in [-0.1, -0.05) is 38.1 Å². The summed E-state index contributed by atoms with van der Waals surface area (Å²) in [5, 5.41) is 22.3. The summed E-state index contributed by atoms with van der Waals surface area (Å²) in [6, 6.07) is 7.96. The molecule has 1 aromatic heterocycles. The maximum Gasteiger partial charge on any atom is 0.157 e. The van der Waals surface area contributed by atoms with Gasteiger partial charge >= 0.3 is 0 Å². The van der Waals surface area contributed by atoms with Crippen LogP contribution in [0.4, 0.5) is 5.82 Å². The van der Waals surface area contributed by atoms with Gasteiger partial charge in [-0.3, -0.25) is 4.90 Å². The van der Waals surface area contributed by atoms with Gasteiger partial charge in [0.15, 0.2) is 12.0 Å². The predicted octanol–water partition coefficient (Wildman–Crippen LogP) is 2.27. The molecule has 28 heavy (non-hydrogen) atoms. The Morgan fingerprint density at radius 1 is 1.25 bits per heavy atom. The number of rotatable bonds is 4. The lowest BCUT2D eigenvalue weighted by Crippen LogP contribution is -2.37. The normalized spacial score (nSPS) is 22.5. The summed E-state index contributed by atoms with van der Waals surface area (Å²) >= 11 is 0. The first kappa shape index (κ1) is 18.9. The molecule has 0 aliphatic carbocycles. The zero-order valence-electron chi connectivity index (χ0n) is 16.9. The van der Waals surface area contributed by atoms with Gasteiger partial charge < -0.3 is 15.2 Å². The summed E-state index contributed by atoms with van der Waals surface area (Å²) in [5.74, 6) is 2.61. The Hall–Kier alpha value is -2.45. The van der Waals surface area contributed by atoms with Gasteiger partial charge in [-0.25, -0.2) is 9.67 Å². The number of nitrogens with zero attached hydrogens (tertiary/aromatic N) is 5. The Balaban J connectivity index is 1.66. The zero-order chi connectivity index (χ0) is 19.9.